The van der Waals surface area contributed by atoms with Crippen molar-refractivity contribution in [1.82, 2.24) is 10.2 Å². The summed E-state index contributed by atoms with van der Waals surface area (Å²) in [5.41, 5.74) is -5.41. The maximum Gasteiger partial charge on any atom is 0.441 e. The van der Waals surface area contributed by atoms with E-state index in [1.807, 2.05) is 0 Å². The van der Waals surface area contributed by atoms with Gasteiger partial charge >= 0.3 is 5.51 Å². The highest BCUT2D eigenvalue weighted by Gasteiger charge is 2.46. The summed E-state index contributed by atoms with van der Waals surface area (Å²) < 4.78 is 36.5. The number of piperazine rings is 1. The summed E-state index contributed by atoms with van der Waals surface area (Å²) in [5, 5.41) is 2.61. The Balaban J connectivity index is 2.84. The van der Waals surface area contributed by atoms with Crippen LogP contribution in [0.3, 0.4) is 0 Å². The second-order valence-electron chi connectivity index (χ2n) is 5.60. The summed E-state index contributed by atoms with van der Waals surface area (Å²) in [4.78, 5) is 25.6. The number of nitrogens with zero attached hydrogens (tertiary/aromatic N) is 1. The molecule has 2 amide bonds. The fourth-order valence-electron chi connectivity index (χ4n) is 2.23. The van der Waals surface area contributed by atoms with Crippen LogP contribution in [0.15, 0.2) is 0 Å². The molecule has 116 valence electrons. The van der Waals surface area contributed by atoms with Crippen LogP contribution in [0.1, 0.15) is 27.7 Å². The van der Waals surface area contributed by atoms with Gasteiger partial charge in [0, 0.05) is 12.3 Å². The van der Waals surface area contributed by atoms with Crippen molar-refractivity contribution in [2.75, 3.05) is 12.3 Å². The summed E-state index contributed by atoms with van der Waals surface area (Å²) in [6, 6.07) is -0.718. The monoisotopic (exact) mass is 312 g/mol. The Morgan fingerprint density at radius 3 is 2.35 bits per heavy atom. The van der Waals surface area contributed by atoms with Crippen LogP contribution in [0, 0.1) is 5.92 Å². The zero-order valence-electron chi connectivity index (χ0n) is 11.9. The van der Waals surface area contributed by atoms with Gasteiger partial charge in [-0.15, -0.1) is 0 Å². The van der Waals surface area contributed by atoms with E-state index in [2.05, 4.69) is 5.32 Å². The molecule has 1 atom stereocenters. The highest BCUT2D eigenvalue weighted by Crippen LogP contribution is 2.31. The van der Waals surface area contributed by atoms with E-state index in [0.717, 1.165) is 0 Å². The molecule has 1 N–H and O–H groups in total. The number of nitrogens with one attached hydrogen (secondary N) is 1. The van der Waals surface area contributed by atoms with Gasteiger partial charge in [0.1, 0.15) is 11.6 Å². The van der Waals surface area contributed by atoms with Gasteiger partial charge < -0.3 is 10.2 Å². The SMILES string of the molecule is CC(C)C1C(=O)NC(C)(C)C(=O)N1CCSC(F)(F)F. The predicted molar refractivity (Wildman–Crippen MR) is 71.1 cm³/mol. The van der Waals surface area contributed by atoms with Crippen LogP contribution in [0.25, 0.3) is 0 Å². The minimum absolute atomic E-state index is 0.0945. The smallest absolute Gasteiger partial charge is 0.340 e. The molecular weight excluding hydrogens is 293 g/mol. The highest BCUT2D eigenvalue weighted by molar-refractivity contribution is 8.00. The molecule has 0 saturated carbocycles. The standard InChI is InChI=1S/C12H19F3N2O2S/c1-7(2)8-9(18)16-11(3,4)10(19)17(8)5-6-20-12(13,14)15/h7-8H,5-6H2,1-4H3,(H,16,18). The first-order valence-electron chi connectivity index (χ1n) is 6.29. The van der Waals surface area contributed by atoms with E-state index in [-0.39, 0.29) is 41.8 Å². The van der Waals surface area contributed by atoms with Crippen LogP contribution in [-0.2, 0) is 9.59 Å². The summed E-state index contributed by atoms with van der Waals surface area (Å²) >= 11 is -0.181. The lowest BCUT2D eigenvalue weighted by Gasteiger charge is -2.44. The van der Waals surface area contributed by atoms with Gasteiger partial charge in [0.05, 0.1) is 0 Å². The Morgan fingerprint density at radius 2 is 1.90 bits per heavy atom. The van der Waals surface area contributed by atoms with Crippen LogP contribution in [0.2, 0.25) is 0 Å². The molecule has 0 aromatic rings. The average molecular weight is 312 g/mol. The molecule has 20 heavy (non-hydrogen) atoms. The molecule has 8 heteroatoms. The maximum atomic E-state index is 12.3. The fourth-order valence-corrected chi connectivity index (χ4v) is 2.74. The van der Waals surface area contributed by atoms with Crippen LogP contribution in [0.5, 0.6) is 0 Å². The van der Waals surface area contributed by atoms with Gasteiger partial charge in [-0.1, -0.05) is 13.8 Å². The number of halogens is 3. The molecule has 1 rings (SSSR count). The topological polar surface area (TPSA) is 49.4 Å². The van der Waals surface area contributed by atoms with Crippen molar-refractivity contribution in [2.24, 2.45) is 5.92 Å². The first kappa shape index (κ1) is 17.1. The van der Waals surface area contributed by atoms with Crippen molar-refractivity contribution in [3.05, 3.63) is 0 Å². The van der Waals surface area contributed by atoms with Crippen molar-refractivity contribution >= 4 is 23.6 Å². The van der Waals surface area contributed by atoms with Crippen LogP contribution in [-0.4, -0.2) is 46.1 Å². The minimum Gasteiger partial charge on any atom is -0.340 e. The molecular formula is C12H19F3N2O2S. The lowest BCUT2D eigenvalue weighted by Crippen LogP contribution is -2.69. The van der Waals surface area contributed by atoms with Crippen LogP contribution < -0.4 is 5.32 Å². The number of thioether (sulfide) groups is 1. The van der Waals surface area contributed by atoms with Gasteiger partial charge in [-0.3, -0.25) is 9.59 Å². The van der Waals surface area contributed by atoms with Crippen molar-refractivity contribution in [3.8, 4) is 0 Å². The molecule has 0 aromatic heterocycles. The molecule has 1 aliphatic heterocycles. The van der Waals surface area contributed by atoms with Gasteiger partial charge in [-0.05, 0) is 31.5 Å². The average Bonchev–Trinajstić information content (AvgIpc) is 2.21. The first-order valence-corrected chi connectivity index (χ1v) is 7.28. The number of carbonyl (C=O) groups is 2. The molecule has 0 bridgehead atoms. The number of rotatable bonds is 4. The Bertz CT molecular complexity index is 397. The minimum atomic E-state index is -4.33. The first-order chi connectivity index (χ1) is 8.96. The second kappa shape index (κ2) is 5.83. The molecule has 0 spiro atoms. The van der Waals surface area contributed by atoms with E-state index >= 15 is 0 Å². The Kier molecular flexibility index (Phi) is 4.99. The molecule has 0 aliphatic carbocycles. The third-order valence-electron chi connectivity index (χ3n) is 3.07. The van der Waals surface area contributed by atoms with E-state index in [1.165, 1.54) is 4.90 Å². The molecule has 1 fully saturated rings. The summed E-state index contributed by atoms with van der Waals surface area (Å²) in [6.07, 6.45) is 0. The van der Waals surface area contributed by atoms with Crippen LogP contribution in [0.4, 0.5) is 13.2 Å². The Morgan fingerprint density at radius 1 is 1.35 bits per heavy atom. The number of carbonyl (C=O) groups excluding carboxylic acids is 2. The van der Waals surface area contributed by atoms with E-state index < -0.39 is 17.1 Å². The molecule has 0 aromatic carbocycles. The van der Waals surface area contributed by atoms with Gasteiger partial charge in [-0.25, -0.2) is 0 Å². The van der Waals surface area contributed by atoms with Gasteiger partial charge in [-0.2, -0.15) is 13.2 Å². The summed E-state index contributed by atoms with van der Waals surface area (Å²) in [5.74, 6) is -1.10. The van der Waals surface area contributed by atoms with Crippen molar-refractivity contribution in [3.63, 3.8) is 0 Å². The number of hydrogen-bond acceptors (Lipinski definition) is 3. The van der Waals surface area contributed by atoms with Gasteiger partial charge in [0.25, 0.3) is 0 Å². The zero-order valence-corrected chi connectivity index (χ0v) is 12.7. The van der Waals surface area contributed by atoms with E-state index in [4.69, 9.17) is 0 Å². The largest absolute Gasteiger partial charge is 0.441 e. The molecule has 1 aliphatic rings. The molecule has 4 nitrogen and oxygen atoms in total. The van der Waals surface area contributed by atoms with E-state index in [9.17, 15) is 22.8 Å². The number of hydrogen-bond donors (Lipinski definition) is 1. The highest BCUT2D eigenvalue weighted by atomic mass is 32.2. The van der Waals surface area contributed by atoms with Crippen molar-refractivity contribution in [2.45, 2.75) is 44.8 Å². The molecule has 1 heterocycles. The van der Waals surface area contributed by atoms with Gasteiger partial charge in [0.2, 0.25) is 11.8 Å². The van der Waals surface area contributed by atoms with E-state index in [0.29, 0.717) is 0 Å². The summed E-state index contributed by atoms with van der Waals surface area (Å²) in [7, 11) is 0. The van der Waals surface area contributed by atoms with Crippen molar-refractivity contribution in [1.29, 1.82) is 0 Å². The number of amides is 2. The Hall–Kier alpha value is -0.920. The molecule has 1 unspecified atom stereocenters. The Labute approximate surface area is 120 Å². The maximum absolute atomic E-state index is 12.3. The molecule has 1 saturated heterocycles. The fraction of sp³-hybridized carbons (Fsp3) is 0.833. The molecule has 0 radical (unpaired) electrons. The lowest BCUT2D eigenvalue weighted by molar-refractivity contribution is -0.154. The predicted octanol–water partition coefficient (Wildman–Crippen LogP) is 2.00. The lowest BCUT2D eigenvalue weighted by atomic mass is 9.91. The zero-order chi connectivity index (χ0) is 15.7. The number of alkyl halides is 3. The van der Waals surface area contributed by atoms with Crippen LogP contribution >= 0.6 is 11.8 Å². The summed E-state index contributed by atoms with van der Waals surface area (Å²) in [6.45, 7) is 6.53. The van der Waals surface area contributed by atoms with Gasteiger partial charge in [0.15, 0.2) is 0 Å². The quantitative estimate of drug-likeness (QED) is 0.864. The third-order valence-corrected chi connectivity index (χ3v) is 3.78. The third kappa shape index (κ3) is 4.04. The van der Waals surface area contributed by atoms with Crippen molar-refractivity contribution < 1.29 is 22.8 Å². The second-order valence-corrected chi connectivity index (χ2v) is 6.76. The van der Waals surface area contributed by atoms with E-state index in [1.54, 1.807) is 27.7 Å². The normalized spacial score (nSPS) is 23.2.